The predicted molar refractivity (Wildman–Crippen MR) is 109 cm³/mol. The Bertz CT molecular complexity index is 952. The van der Waals surface area contributed by atoms with Gasteiger partial charge in [0.05, 0.1) is 13.2 Å². The number of anilines is 1. The maximum absolute atomic E-state index is 12.6. The molecule has 7 heteroatoms. The van der Waals surface area contributed by atoms with E-state index in [9.17, 15) is 9.59 Å². The van der Waals surface area contributed by atoms with E-state index in [4.69, 9.17) is 9.47 Å². The van der Waals surface area contributed by atoms with E-state index in [2.05, 4.69) is 10.3 Å². The SMILES string of the molecule is CCOC(=O)c1c(-c2ccc(OCC)cc2)csc1NC(=O)c1ccncc1. The van der Waals surface area contributed by atoms with Gasteiger partial charge in [-0.25, -0.2) is 4.79 Å². The van der Waals surface area contributed by atoms with Crippen LogP contribution in [0.3, 0.4) is 0 Å². The van der Waals surface area contributed by atoms with Crippen LogP contribution in [0.25, 0.3) is 11.1 Å². The predicted octanol–water partition coefficient (Wildman–Crippen LogP) is 4.64. The van der Waals surface area contributed by atoms with Gasteiger partial charge in [-0.1, -0.05) is 12.1 Å². The van der Waals surface area contributed by atoms with Gasteiger partial charge in [0, 0.05) is 28.9 Å². The maximum Gasteiger partial charge on any atom is 0.341 e. The van der Waals surface area contributed by atoms with E-state index in [1.165, 1.54) is 11.3 Å². The first kappa shape index (κ1) is 19.6. The molecule has 0 fully saturated rings. The van der Waals surface area contributed by atoms with Crippen molar-refractivity contribution in [3.05, 3.63) is 65.3 Å². The average Bonchev–Trinajstić information content (AvgIpc) is 3.13. The van der Waals surface area contributed by atoms with Gasteiger partial charge in [0.15, 0.2) is 0 Å². The van der Waals surface area contributed by atoms with Gasteiger partial charge in [0.1, 0.15) is 16.3 Å². The van der Waals surface area contributed by atoms with E-state index in [1.54, 1.807) is 31.5 Å². The Morgan fingerprint density at radius 1 is 1.04 bits per heavy atom. The molecule has 0 radical (unpaired) electrons. The second-order valence-electron chi connectivity index (χ2n) is 5.72. The number of carbonyl (C=O) groups is 2. The maximum atomic E-state index is 12.6. The highest BCUT2D eigenvalue weighted by Gasteiger charge is 2.23. The molecule has 2 heterocycles. The Morgan fingerprint density at radius 2 is 1.75 bits per heavy atom. The number of carbonyl (C=O) groups excluding carboxylic acids is 2. The molecule has 0 aliphatic heterocycles. The van der Waals surface area contributed by atoms with Crippen LogP contribution >= 0.6 is 11.3 Å². The van der Waals surface area contributed by atoms with Crippen LogP contribution in [0.4, 0.5) is 5.00 Å². The van der Waals surface area contributed by atoms with E-state index < -0.39 is 5.97 Å². The highest BCUT2D eigenvalue weighted by atomic mass is 32.1. The number of thiophene rings is 1. The number of rotatable bonds is 7. The fraction of sp³-hybridized carbons (Fsp3) is 0.190. The number of aromatic nitrogens is 1. The lowest BCUT2D eigenvalue weighted by Gasteiger charge is -2.09. The highest BCUT2D eigenvalue weighted by molar-refractivity contribution is 7.15. The van der Waals surface area contributed by atoms with Crippen LogP contribution in [0.15, 0.2) is 54.2 Å². The van der Waals surface area contributed by atoms with Crippen molar-refractivity contribution in [1.82, 2.24) is 4.98 Å². The van der Waals surface area contributed by atoms with Crippen LogP contribution < -0.4 is 10.1 Å². The Hall–Kier alpha value is -3.19. The third kappa shape index (κ3) is 4.37. The van der Waals surface area contributed by atoms with Gasteiger partial charge >= 0.3 is 5.97 Å². The molecule has 2 aromatic heterocycles. The number of hydrogen-bond acceptors (Lipinski definition) is 6. The minimum Gasteiger partial charge on any atom is -0.494 e. The Morgan fingerprint density at radius 3 is 2.39 bits per heavy atom. The third-order valence-corrected chi connectivity index (χ3v) is 4.81. The van der Waals surface area contributed by atoms with Crippen molar-refractivity contribution in [3.8, 4) is 16.9 Å². The molecule has 0 saturated heterocycles. The van der Waals surface area contributed by atoms with E-state index >= 15 is 0 Å². The first-order valence-electron chi connectivity index (χ1n) is 8.87. The van der Waals surface area contributed by atoms with Gasteiger partial charge in [-0.05, 0) is 43.7 Å². The van der Waals surface area contributed by atoms with Crippen LogP contribution in [0.2, 0.25) is 0 Å². The standard InChI is InChI=1S/C21H20N2O4S/c1-3-26-16-7-5-14(6-8-16)17-13-28-20(18(17)21(25)27-4-2)23-19(24)15-9-11-22-12-10-15/h5-13H,3-4H2,1-2H3,(H,23,24). The molecule has 0 unspecified atom stereocenters. The summed E-state index contributed by atoms with van der Waals surface area (Å²) in [5.41, 5.74) is 2.35. The van der Waals surface area contributed by atoms with Crippen LogP contribution in [-0.4, -0.2) is 30.1 Å². The molecule has 0 aliphatic carbocycles. The average molecular weight is 396 g/mol. The molecule has 1 N–H and O–H groups in total. The lowest BCUT2D eigenvalue weighted by Crippen LogP contribution is -2.14. The fourth-order valence-corrected chi connectivity index (χ4v) is 3.60. The van der Waals surface area contributed by atoms with Gasteiger partial charge in [-0.3, -0.25) is 9.78 Å². The molecule has 6 nitrogen and oxygen atoms in total. The largest absolute Gasteiger partial charge is 0.494 e. The number of amides is 1. The molecule has 0 spiro atoms. The monoisotopic (exact) mass is 396 g/mol. The van der Waals surface area contributed by atoms with Crippen molar-refractivity contribution < 1.29 is 19.1 Å². The Labute approximate surface area is 167 Å². The highest BCUT2D eigenvalue weighted by Crippen LogP contribution is 2.37. The van der Waals surface area contributed by atoms with Crippen LogP contribution in [-0.2, 0) is 4.74 Å². The summed E-state index contributed by atoms with van der Waals surface area (Å²) in [5, 5.41) is 5.10. The summed E-state index contributed by atoms with van der Waals surface area (Å²) < 4.78 is 10.7. The van der Waals surface area contributed by atoms with Gasteiger partial charge in [0.2, 0.25) is 0 Å². The number of nitrogens with one attached hydrogen (secondary N) is 1. The zero-order chi connectivity index (χ0) is 19.9. The van der Waals surface area contributed by atoms with Crippen LogP contribution in [0, 0.1) is 0 Å². The summed E-state index contributed by atoms with van der Waals surface area (Å²) in [5.74, 6) is -0.0314. The summed E-state index contributed by atoms with van der Waals surface area (Å²) in [6.45, 7) is 4.49. The van der Waals surface area contributed by atoms with Gasteiger partial charge < -0.3 is 14.8 Å². The Balaban J connectivity index is 1.95. The third-order valence-electron chi connectivity index (χ3n) is 3.92. The molecule has 1 aromatic carbocycles. The van der Waals surface area contributed by atoms with Gasteiger partial charge in [-0.2, -0.15) is 0 Å². The van der Waals surface area contributed by atoms with Gasteiger partial charge in [-0.15, -0.1) is 11.3 Å². The molecule has 0 aliphatic rings. The number of hydrogen-bond donors (Lipinski definition) is 1. The summed E-state index contributed by atoms with van der Waals surface area (Å²) in [7, 11) is 0. The van der Waals surface area contributed by atoms with Crippen molar-refractivity contribution in [3.63, 3.8) is 0 Å². The molecule has 3 aromatic rings. The first-order valence-corrected chi connectivity index (χ1v) is 9.75. The molecule has 0 saturated carbocycles. The molecular weight excluding hydrogens is 376 g/mol. The van der Waals surface area contributed by atoms with Crippen molar-refractivity contribution in [2.75, 3.05) is 18.5 Å². The Kier molecular flexibility index (Phi) is 6.39. The molecule has 0 atom stereocenters. The van der Waals surface area contributed by atoms with Crippen molar-refractivity contribution in [2.24, 2.45) is 0 Å². The van der Waals surface area contributed by atoms with E-state index in [0.717, 1.165) is 11.3 Å². The minimum absolute atomic E-state index is 0.245. The van der Waals surface area contributed by atoms with Crippen LogP contribution in [0.1, 0.15) is 34.6 Å². The lowest BCUT2D eigenvalue weighted by molar-refractivity contribution is 0.0529. The minimum atomic E-state index is -0.474. The number of nitrogens with zero attached hydrogens (tertiary/aromatic N) is 1. The van der Waals surface area contributed by atoms with Gasteiger partial charge in [0.25, 0.3) is 5.91 Å². The topological polar surface area (TPSA) is 77.5 Å². The zero-order valence-corrected chi connectivity index (χ0v) is 16.4. The molecular formula is C21H20N2O4S. The quantitative estimate of drug-likeness (QED) is 0.589. The van der Waals surface area contributed by atoms with E-state index in [0.29, 0.717) is 28.3 Å². The second-order valence-corrected chi connectivity index (χ2v) is 6.60. The summed E-state index contributed by atoms with van der Waals surface area (Å²) in [4.78, 5) is 29.0. The van der Waals surface area contributed by atoms with E-state index in [-0.39, 0.29) is 12.5 Å². The van der Waals surface area contributed by atoms with Crippen molar-refractivity contribution in [1.29, 1.82) is 0 Å². The number of benzene rings is 1. The zero-order valence-electron chi connectivity index (χ0n) is 15.6. The number of pyridine rings is 1. The summed E-state index contributed by atoms with van der Waals surface area (Å²) in [6.07, 6.45) is 3.09. The lowest BCUT2D eigenvalue weighted by atomic mass is 10.0. The first-order chi connectivity index (χ1) is 13.6. The molecule has 3 rings (SSSR count). The molecule has 28 heavy (non-hydrogen) atoms. The normalized spacial score (nSPS) is 10.4. The van der Waals surface area contributed by atoms with E-state index in [1.807, 2.05) is 36.6 Å². The van der Waals surface area contributed by atoms with Crippen molar-refractivity contribution >= 4 is 28.2 Å². The number of esters is 1. The van der Waals surface area contributed by atoms with Crippen LogP contribution in [0.5, 0.6) is 5.75 Å². The second kappa shape index (κ2) is 9.14. The molecule has 0 bridgehead atoms. The number of ether oxygens (including phenoxy) is 2. The van der Waals surface area contributed by atoms with Crippen molar-refractivity contribution in [2.45, 2.75) is 13.8 Å². The summed E-state index contributed by atoms with van der Waals surface area (Å²) in [6, 6.07) is 10.7. The molecule has 144 valence electrons. The summed E-state index contributed by atoms with van der Waals surface area (Å²) >= 11 is 1.28. The fourth-order valence-electron chi connectivity index (χ4n) is 2.64. The smallest absolute Gasteiger partial charge is 0.341 e. The molecule has 1 amide bonds.